The van der Waals surface area contributed by atoms with Crippen molar-refractivity contribution in [2.45, 2.75) is 13.5 Å². The van der Waals surface area contributed by atoms with E-state index in [4.69, 9.17) is 10.5 Å². The van der Waals surface area contributed by atoms with Crippen LogP contribution in [0, 0.1) is 12.7 Å². The summed E-state index contributed by atoms with van der Waals surface area (Å²) in [4.78, 5) is 4.10. The molecule has 0 aliphatic carbocycles. The maximum atomic E-state index is 12.8. The molecule has 0 spiro atoms. The van der Waals surface area contributed by atoms with Crippen molar-refractivity contribution < 1.29 is 9.13 Å². The third-order valence-corrected chi connectivity index (χ3v) is 2.49. The van der Waals surface area contributed by atoms with Gasteiger partial charge in [-0.3, -0.25) is 0 Å². The largest absolute Gasteiger partial charge is 0.490 e. The Morgan fingerprint density at radius 1 is 1.47 bits per heavy atom. The Hall–Kier alpha value is -2.04. The Kier molecular flexibility index (Phi) is 3.27. The van der Waals surface area contributed by atoms with Crippen molar-refractivity contribution in [3.05, 3.63) is 42.2 Å². The quantitative estimate of drug-likeness (QED) is 0.824. The standard InChI is InChI=1S/C12H14FN3O/c1-9-15-4-5-16(9)6-7-17-12-3-2-10(13)8-11(12)14/h2-5,8H,6-7,14H2,1H3. The molecule has 17 heavy (non-hydrogen) atoms. The van der Waals surface area contributed by atoms with E-state index in [0.717, 1.165) is 5.82 Å². The van der Waals surface area contributed by atoms with Crippen molar-refractivity contribution in [1.29, 1.82) is 0 Å². The fourth-order valence-corrected chi connectivity index (χ4v) is 1.54. The van der Waals surface area contributed by atoms with Gasteiger partial charge in [-0.1, -0.05) is 0 Å². The minimum absolute atomic E-state index is 0.312. The number of benzene rings is 1. The highest BCUT2D eigenvalue weighted by molar-refractivity contribution is 5.52. The zero-order valence-corrected chi connectivity index (χ0v) is 9.56. The van der Waals surface area contributed by atoms with Gasteiger partial charge < -0.3 is 15.0 Å². The summed E-state index contributed by atoms with van der Waals surface area (Å²) >= 11 is 0. The summed E-state index contributed by atoms with van der Waals surface area (Å²) in [5.41, 5.74) is 5.94. The number of hydrogen-bond acceptors (Lipinski definition) is 3. The second-order valence-corrected chi connectivity index (χ2v) is 3.70. The van der Waals surface area contributed by atoms with Crippen LogP contribution in [0.3, 0.4) is 0 Å². The molecule has 2 aromatic rings. The van der Waals surface area contributed by atoms with Crippen molar-refractivity contribution >= 4 is 5.69 Å². The van der Waals surface area contributed by atoms with E-state index in [2.05, 4.69) is 4.98 Å². The van der Waals surface area contributed by atoms with Crippen LogP contribution in [0.5, 0.6) is 5.75 Å². The van der Waals surface area contributed by atoms with Crippen molar-refractivity contribution in [3.63, 3.8) is 0 Å². The minimum Gasteiger partial charge on any atom is -0.490 e. The molecule has 0 saturated heterocycles. The van der Waals surface area contributed by atoms with Gasteiger partial charge in [0.1, 0.15) is 24.0 Å². The lowest BCUT2D eigenvalue weighted by atomic mass is 10.3. The molecule has 4 nitrogen and oxygen atoms in total. The van der Waals surface area contributed by atoms with Crippen LogP contribution in [-0.2, 0) is 6.54 Å². The van der Waals surface area contributed by atoms with E-state index < -0.39 is 0 Å². The van der Waals surface area contributed by atoms with Gasteiger partial charge in [0.05, 0.1) is 12.2 Å². The van der Waals surface area contributed by atoms with E-state index >= 15 is 0 Å². The number of nitrogen functional groups attached to an aromatic ring is 1. The summed E-state index contributed by atoms with van der Waals surface area (Å²) in [6.45, 7) is 3.07. The van der Waals surface area contributed by atoms with E-state index in [1.807, 2.05) is 17.7 Å². The third-order valence-electron chi connectivity index (χ3n) is 2.49. The van der Waals surface area contributed by atoms with Crippen molar-refractivity contribution in [2.24, 2.45) is 0 Å². The number of halogens is 1. The summed E-state index contributed by atoms with van der Waals surface area (Å²) in [6.07, 6.45) is 3.62. The van der Waals surface area contributed by atoms with Gasteiger partial charge in [0.15, 0.2) is 0 Å². The number of nitrogens with zero attached hydrogens (tertiary/aromatic N) is 2. The molecule has 0 fully saturated rings. The Morgan fingerprint density at radius 3 is 2.94 bits per heavy atom. The molecule has 0 saturated carbocycles. The van der Waals surface area contributed by atoms with Crippen LogP contribution in [0.1, 0.15) is 5.82 Å². The van der Waals surface area contributed by atoms with Crippen LogP contribution in [0.4, 0.5) is 10.1 Å². The average Bonchev–Trinajstić information content (AvgIpc) is 2.68. The Morgan fingerprint density at radius 2 is 2.29 bits per heavy atom. The van der Waals surface area contributed by atoms with E-state index in [-0.39, 0.29) is 5.82 Å². The van der Waals surface area contributed by atoms with E-state index in [0.29, 0.717) is 24.6 Å². The summed E-state index contributed by atoms with van der Waals surface area (Å²) in [7, 11) is 0. The maximum absolute atomic E-state index is 12.8. The zero-order chi connectivity index (χ0) is 12.3. The molecule has 0 radical (unpaired) electrons. The number of imidazole rings is 1. The molecule has 0 aliphatic rings. The van der Waals surface area contributed by atoms with Crippen LogP contribution >= 0.6 is 0 Å². The van der Waals surface area contributed by atoms with Gasteiger partial charge in [0.2, 0.25) is 0 Å². The first-order valence-corrected chi connectivity index (χ1v) is 5.32. The summed E-state index contributed by atoms with van der Waals surface area (Å²) in [5.74, 6) is 1.07. The van der Waals surface area contributed by atoms with Crippen molar-refractivity contribution in [3.8, 4) is 5.75 Å². The lowest BCUT2D eigenvalue weighted by molar-refractivity contribution is 0.298. The fraction of sp³-hybridized carbons (Fsp3) is 0.250. The average molecular weight is 235 g/mol. The summed E-state index contributed by atoms with van der Waals surface area (Å²) in [5, 5.41) is 0. The molecule has 2 N–H and O–H groups in total. The van der Waals surface area contributed by atoms with Crippen molar-refractivity contribution in [2.75, 3.05) is 12.3 Å². The molecule has 1 aromatic carbocycles. The molecule has 0 atom stereocenters. The van der Waals surface area contributed by atoms with Gasteiger partial charge in [0, 0.05) is 18.5 Å². The van der Waals surface area contributed by atoms with Crippen LogP contribution in [0.2, 0.25) is 0 Å². The van der Waals surface area contributed by atoms with Gasteiger partial charge in [-0.05, 0) is 19.1 Å². The highest BCUT2D eigenvalue weighted by Crippen LogP contribution is 2.21. The molecule has 0 unspecified atom stereocenters. The first kappa shape index (κ1) is 11.4. The van der Waals surface area contributed by atoms with Gasteiger partial charge >= 0.3 is 0 Å². The number of aromatic nitrogens is 2. The molecule has 1 aromatic heterocycles. The first-order valence-electron chi connectivity index (χ1n) is 5.32. The molecular formula is C12H14FN3O. The highest BCUT2D eigenvalue weighted by atomic mass is 19.1. The normalized spacial score (nSPS) is 10.5. The molecule has 2 rings (SSSR count). The van der Waals surface area contributed by atoms with Gasteiger partial charge in [0.25, 0.3) is 0 Å². The maximum Gasteiger partial charge on any atom is 0.142 e. The van der Waals surface area contributed by atoms with E-state index in [9.17, 15) is 4.39 Å². The Balaban J connectivity index is 1.92. The molecule has 0 amide bonds. The highest BCUT2D eigenvalue weighted by Gasteiger charge is 2.02. The molecule has 1 heterocycles. The van der Waals surface area contributed by atoms with Crippen molar-refractivity contribution in [1.82, 2.24) is 9.55 Å². The predicted molar refractivity (Wildman–Crippen MR) is 63.3 cm³/mol. The molecular weight excluding hydrogens is 221 g/mol. The van der Waals surface area contributed by atoms with Crippen LogP contribution in [0.25, 0.3) is 0 Å². The number of hydrogen-bond donors (Lipinski definition) is 1. The zero-order valence-electron chi connectivity index (χ0n) is 9.56. The van der Waals surface area contributed by atoms with Crippen LogP contribution in [0.15, 0.2) is 30.6 Å². The second-order valence-electron chi connectivity index (χ2n) is 3.70. The molecule has 5 heteroatoms. The van der Waals surface area contributed by atoms with Crippen LogP contribution < -0.4 is 10.5 Å². The Bertz CT molecular complexity index is 510. The first-order chi connectivity index (χ1) is 8.16. The predicted octanol–water partition coefficient (Wildman–Crippen LogP) is 1.99. The summed E-state index contributed by atoms with van der Waals surface area (Å²) in [6, 6.07) is 4.11. The lowest BCUT2D eigenvalue weighted by Gasteiger charge is -2.09. The number of nitrogens with two attached hydrogens (primary N) is 1. The number of ether oxygens (including phenoxy) is 1. The smallest absolute Gasteiger partial charge is 0.142 e. The SMILES string of the molecule is Cc1nccn1CCOc1ccc(F)cc1N. The van der Waals surface area contributed by atoms with E-state index in [1.165, 1.54) is 18.2 Å². The van der Waals surface area contributed by atoms with Crippen LogP contribution in [-0.4, -0.2) is 16.2 Å². The molecule has 90 valence electrons. The second kappa shape index (κ2) is 4.86. The fourth-order valence-electron chi connectivity index (χ4n) is 1.54. The Labute approximate surface area is 98.8 Å². The molecule has 0 bridgehead atoms. The lowest BCUT2D eigenvalue weighted by Crippen LogP contribution is -2.09. The molecule has 0 aliphatic heterocycles. The summed E-state index contributed by atoms with van der Waals surface area (Å²) < 4.78 is 20.2. The third kappa shape index (κ3) is 2.75. The number of anilines is 1. The number of rotatable bonds is 4. The monoisotopic (exact) mass is 235 g/mol. The topological polar surface area (TPSA) is 53.1 Å². The minimum atomic E-state index is -0.361. The van der Waals surface area contributed by atoms with E-state index in [1.54, 1.807) is 6.20 Å². The number of aryl methyl sites for hydroxylation is 1. The van der Waals surface area contributed by atoms with Gasteiger partial charge in [-0.15, -0.1) is 0 Å². The van der Waals surface area contributed by atoms with Gasteiger partial charge in [-0.2, -0.15) is 0 Å². The van der Waals surface area contributed by atoms with Gasteiger partial charge in [-0.25, -0.2) is 9.37 Å².